The van der Waals surface area contributed by atoms with Gasteiger partial charge in [0.2, 0.25) is 0 Å². The molecule has 0 aromatic carbocycles. The van der Waals surface area contributed by atoms with Crippen molar-refractivity contribution in [2.45, 2.75) is 46.6 Å². The van der Waals surface area contributed by atoms with Gasteiger partial charge < -0.3 is 5.32 Å². The minimum atomic E-state index is 0.426. The molecule has 1 N–H and O–H groups in total. The standard InChI is InChI=1S/C16H23N3S/c1-10(2)17-9-11(3)15-12(4)18-16(19-13(15)5)14-7-6-8-20-14/h6-8,10-11,17H,9H2,1-5H3. The van der Waals surface area contributed by atoms with Gasteiger partial charge in [-0.15, -0.1) is 11.3 Å². The highest BCUT2D eigenvalue weighted by atomic mass is 32.1. The van der Waals surface area contributed by atoms with Crippen LogP contribution >= 0.6 is 11.3 Å². The van der Waals surface area contributed by atoms with Gasteiger partial charge in [0, 0.05) is 24.0 Å². The summed E-state index contributed by atoms with van der Waals surface area (Å²) in [6, 6.07) is 4.61. The zero-order valence-electron chi connectivity index (χ0n) is 12.9. The van der Waals surface area contributed by atoms with Crippen LogP contribution in [0.2, 0.25) is 0 Å². The molecule has 0 aliphatic heterocycles. The number of nitrogens with zero attached hydrogens (tertiary/aromatic N) is 2. The van der Waals surface area contributed by atoms with E-state index in [0.29, 0.717) is 12.0 Å². The highest BCUT2D eigenvalue weighted by Gasteiger charge is 2.16. The number of nitrogens with one attached hydrogen (secondary N) is 1. The van der Waals surface area contributed by atoms with Crippen LogP contribution in [0.4, 0.5) is 0 Å². The summed E-state index contributed by atoms with van der Waals surface area (Å²) in [5.74, 6) is 1.28. The topological polar surface area (TPSA) is 37.8 Å². The van der Waals surface area contributed by atoms with Crippen LogP contribution in [-0.2, 0) is 0 Å². The van der Waals surface area contributed by atoms with Gasteiger partial charge in [0.25, 0.3) is 0 Å². The summed E-state index contributed by atoms with van der Waals surface area (Å²) in [7, 11) is 0. The number of hydrogen-bond acceptors (Lipinski definition) is 4. The average molecular weight is 289 g/mol. The monoisotopic (exact) mass is 289 g/mol. The second kappa shape index (κ2) is 6.46. The zero-order valence-corrected chi connectivity index (χ0v) is 13.7. The number of aromatic nitrogens is 2. The molecule has 2 heterocycles. The lowest BCUT2D eigenvalue weighted by atomic mass is 9.97. The maximum atomic E-state index is 4.70. The first kappa shape index (κ1) is 15.1. The molecule has 108 valence electrons. The smallest absolute Gasteiger partial charge is 0.169 e. The Bertz CT molecular complexity index is 538. The molecule has 2 rings (SSSR count). The normalized spacial score (nSPS) is 12.9. The molecule has 0 amide bonds. The molecule has 0 saturated carbocycles. The van der Waals surface area contributed by atoms with E-state index in [1.807, 2.05) is 6.07 Å². The molecule has 0 aliphatic rings. The molecule has 2 aromatic rings. The molecule has 4 heteroatoms. The van der Waals surface area contributed by atoms with E-state index in [4.69, 9.17) is 9.97 Å². The molecule has 0 spiro atoms. The third-order valence-corrected chi connectivity index (χ3v) is 4.26. The van der Waals surface area contributed by atoms with Gasteiger partial charge in [0.05, 0.1) is 4.88 Å². The molecule has 2 aromatic heterocycles. The second-order valence-electron chi connectivity index (χ2n) is 5.57. The molecule has 1 atom stereocenters. The van der Waals surface area contributed by atoms with Gasteiger partial charge >= 0.3 is 0 Å². The van der Waals surface area contributed by atoms with Crippen molar-refractivity contribution in [1.29, 1.82) is 0 Å². The molecule has 3 nitrogen and oxygen atoms in total. The van der Waals surface area contributed by atoms with E-state index in [2.05, 4.69) is 51.4 Å². The second-order valence-corrected chi connectivity index (χ2v) is 6.52. The summed E-state index contributed by atoms with van der Waals surface area (Å²) >= 11 is 1.68. The van der Waals surface area contributed by atoms with Crippen LogP contribution in [0.25, 0.3) is 10.7 Å². The van der Waals surface area contributed by atoms with Gasteiger partial charge in [0.15, 0.2) is 5.82 Å². The predicted molar refractivity (Wildman–Crippen MR) is 86.4 cm³/mol. The van der Waals surface area contributed by atoms with Crippen LogP contribution in [0, 0.1) is 13.8 Å². The molecule has 0 radical (unpaired) electrons. The summed E-state index contributed by atoms with van der Waals surface area (Å²) < 4.78 is 0. The molecule has 0 aliphatic carbocycles. The Morgan fingerprint density at radius 3 is 2.30 bits per heavy atom. The van der Waals surface area contributed by atoms with E-state index in [0.717, 1.165) is 28.6 Å². The molecule has 1 unspecified atom stereocenters. The molecule has 0 saturated heterocycles. The van der Waals surface area contributed by atoms with Crippen molar-refractivity contribution in [1.82, 2.24) is 15.3 Å². The Morgan fingerprint density at radius 2 is 1.80 bits per heavy atom. The Morgan fingerprint density at radius 1 is 1.15 bits per heavy atom. The van der Waals surface area contributed by atoms with Gasteiger partial charge in [-0.1, -0.05) is 26.8 Å². The minimum absolute atomic E-state index is 0.426. The van der Waals surface area contributed by atoms with Gasteiger partial charge in [-0.05, 0) is 36.8 Å². The lowest BCUT2D eigenvalue weighted by Gasteiger charge is -2.19. The Balaban J connectivity index is 2.27. The van der Waals surface area contributed by atoms with Crippen LogP contribution in [0.3, 0.4) is 0 Å². The fraction of sp³-hybridized carbons (Fsp3) is 0.500. The van der Waals surface area contributed by atoms with E-state index in [1.54, 1.807) is 11.3 Å². The van der Waals surface area contributed by atoms with E-state index >= 15 is 0 Å². The van der Waals surface area contributed by atoms with Crippen molar-refractivity contribution < 1.29 is 0 Å². The highest BCUT2D eigenvalue weighted by Crippen LogP contribution is 2.26. The Kier molecular flexibility index (Phi) is 4.89. The zero-order chi connectivity index (χ0) is 14.7. The van der Waals surface area contributed by atoms with Crippen LogP contribution in [0.15, 0.2) is 17.5 Å². The van der Waals surface area contributed by atoms with Crippen molar-refractivity contribution in [2.75, 3.05) is 6.54 Å². The van der Waals surface area contributed by atoms with Crippen molar-refractivity contribution in [3.8, 4) is 10.7 Å². The Labute approximate surface area is 125 Å². The number of rotatable bonds is 5. The first-order valence-electron chi connectivity index (χ1n) is 7.11. The molecular weight excluding hydrogens is 266 g/mol. The Hall–Kier alpha value is -1.26. The quantitative estimate of drug-likeness (QED) is 0.906. The lowest BCUT2D eigenvalue weighted by Crippen LogP contribution is -2.27. The summed E-state index contributed by atoms with van der Waals surface area (Å²) in [6.07, 6.45) is 0. The van der Waals surface area contributed by atoms with Crippen LogP contribution in [-0.4, -0.2) is 22.6 Å². The number of hydrogen-bond donors (Lipinski definition) is 1. The highest BCUT2D eigenvalue weighted by molar-refractivity contribution is 7.13. The fourth-order valence-electron chi connectivity index (χ4n) is 2.47. The number of aryl methyl sites for hydroxylation is 2. The van der Waals surface area contributed by atoms with Gasteiger partial charge in [-0.3, -0.25) is 0 Å². The van der Waals surface area contributed by atoms with Crippen LogP contribution in [0.1, 0.15) is 43.6 Å². The third kappa shape index (κ3) is 3.44. The SMILES string of the molecule is Cc1nc(-c2cccs2)nc(C)c1C(C)CNC(C)C. The van der Waals surface area contributed by atoms with E-state index < -0.39 is 0 Å². The minimum Gasteiger partial charge on any atom is -0.314 e. The number of thiophene rings is 1. The molecule has 0 fully saturated rings. The molecular formula is C16H23N3S. The van der Waals surface area contributed by atoms with Crippen molar-refractivity contribution in [3.63, 3.8) is 0 Å². The lowest BCUT2D eigenvalue weighted by molar-refractivity contribution is 0.544. The van der Waals surface area contributed by atoms with Gasteiger partial charge in [-0.2, -0.15) is 0 Å². The summed E-state index contributed by atoms with van der Waals surface area (Å²) in [6.45, 7) is 11.7. The van der Waals surface area contributed by atoms with E-state index in [1.165, 1.54) is 5.56 Å². The average Bonchev–Trinajstić information content (AvgIpc) is 2.89. The predicted octanol–water partition coefficient (Wildman–Crippen LogP) is 3.92. The maximum Gasteiger partial charge on any atom is 0.169 e. The fourth-order valence-corrected chi connectivity index (χ4v) is 3.13. The summed E-state index contributed by atoms with van der Waals surface area (Å²) in [4.78, 5) is 10.5. The van der Waals surface area contributed by atoms with Crippen molar-refractivity contribution in [2.24, 2.45) is 0 Å². The van der Waals surface area contributed by atoms with Crippen LogP contribution < -0.4 is 5.32 Å². The maximum absolute atomic E-state index is 4.70. The third-order valence-electron chi connectivity index (χ3n) is 3.39. The summed E-state index contributed by atoms with van der Waals surface area (Å²) in [5.41, 5.74) is 3.47. The van der Waals surface area contributed by atoms with Crippen molar-refractivity contribution in [3.05, 3.63) is 34.5 Å². The molecule has 0 bridgehead atoms. The van der Waals surface area contributed by atoms with Gasteiger partial charge in [-0.25, -0.2) is 9.97 Å². The first-order chi connectivity index (χ1) is 9.49. The largest absolute Gasteiger partial charge is 0.314 e. The van der Waals surface area contributed by atoms with E-state index in [9.17, 15) is 0 Å². The van der Waals surface area contributed by atoms with E-state index in [-0.39, 0.29) is 0 Å². The van der Waals surface area contributed by atoms with Crippen LogP contribution in [0.5, 0.6) is 0 Å². The van der Waals surface area contributed by atoms with Crippen molar-refractivity contribution >= 4 is 11.3 Å². The van der Waals surface area contributed by atoms with Gasteiger partial charge in [0.1, 0.15) is 0 Å². The first-order valence-corrected chi connectivity index (χ1v) is 7.99. The summed E-state index contributed by atoms with van der Waals surface area (Å²) in [5, 5.41) is 5.55. The molecule has 20 heavy (non-hydrogen) atoms.